The summed E-state index contributed by atoms with van der Waals surface area (Å²) < 4.78 is 57.2. The Kier molecular flexibility index (Phi) is 4.79. The molecule has 0 aromatic heterocycles. The molecule has 136 valence electrons. The minimum absolute atomic E-state index is 0.0438. The summed E-state index contributed by atoms with van der Waals surface area (Å²) in [5, 5.41) is -4.44. The summed E-state index contributed by atoms with van der Waals surface area (Å²) in [5.74, 6) is -1.08. The van der Waals surface area contributed by atoms with Crippen LogP contribution in [0.1, 0.15) is 33.6 Å². The minimum atomic E-state index is -4.63. The van der Waals surface area contributed by atoms with Crippen LogP contribution in [0.3, 0.4) is 0 Å². The zero-order chi connectivity index (χ0) is 18.9. The first kappa shape index (κ1) is 18.4. The highest BCUT2D eigenvalue weighted by molar-refractivity contribution is 8.00. The van der Waals surface area contributed by atoms with Gasteiger partial charge in [-0.3, -0.25) is 9.59 Å². The molecule has 1 aliphatic heterocycles. The number of carbonyl (C=O) groups is 2. The van der Waals surface area contributed by atoms with Crippen LogP contribution in [0.2, 0.25) is 0 Å². The summed E-state index contributed by atoms with van der Waals surface area (Å²) in [5.41, 5.74) is 0.526. The van der Waals surface area contributed by atoms with E-state index in [9.17, 15) is 27.2 Å². The lowest BCUT2D eigenvalue weighted by Gasteiger charge is -2.31. The van der Waals surface area contributed by atoms with Crippen LogP contribution in [0.15, 0.2) is 53.4 Å². The van der Waals surface area contributed by atoms with Gasteiger partial charge < -0.3 is 4.74 Å². The molecule has 0 fully saturated rings. The zero-order valence-corrected chi connectivity index (χ0v) is 14.0. The molecule has 8 heteroatoms. The van der Waals surface area contributed by atoms with Crippen LogP contribution >= 0.6 is 11.8 Å². The number of hydrogen-bond donors (Lipinski definition) is 0. The fourth-order valence-electron chi connectivity index (χ4n) is 2.38. The highest BCUT2D eigenvalue weighted by Crippen LogP contribution is 2.54. The molecule has 0 radical (unpaired) electrons. The lowest BCUT2D eigenvalue weighted by atomic mass is 10.0. The maximum Gasteiger partial charge on any atom is 0.475 e. The van der Waals surface area contributed by atoms with Crippen molar-refractivity contribution in [3.63, 3.8) is 0 Å². The van der Waals surface area contributed by atoms with Crippen molar-refractivity contribution in [3.8, 4) is 5.75 Å². The number of alkyl halides is 4. The molecule has 3 rings (SSSR count). The molecule has 0 spiro atoms. The molecular formula is C18H12F4O3S. The van der Waals surface area contributed by atoms with Crippen molar-refractivity contribution in [2.45, 2.75) is 29.1 Å². The van der Waals surface area contributed by atoms with Crippen LogP contribution in [0, 0.1) is 0 Å². The normalized spacial score (nSPS) is 17.1. The number of halogens is 4. The molecule has 0 amide bonds. The van der Waals surface area contributed by atoms with Crippen molar-refractivity contribution in [1.29, 1.82) is 0 Å². The molecule has 0 unspecified atom stereocenters. The van der Waals surface area contributed by atoms with E-state index < -0.39 is 22.9 Å². The molecule has 0 saturated carbocycles. The topological polar surface area (TPSA) is 43.4 Å². The Bertz CT molecular complexity index is 853. The Labute approximate surface area is 150 Å². The number of carbonyl (C=O) groups excluding carboxylic acids is 2. The van der Waals surface area contributed by atoms with Gasteiger partial charge in [-0.15, -0.1) is 0 Å². The van der Waals surface area contributed by atoms with Crippen molar-refractivity contribution in [2.75, 3.05) is 0 Å². The number of rotatable bonds is 5. The standard InChI is InChI=1S/C18H12F4O3S/c19-17(20)18(21,22)26-16-10-12(6-9-15(16)25-17)14(24)8-7-13(23)11-4-2-1-3-5-11/h1-6,9-10H,7-8H2. The summed E-state index contributed by atoms with van der Waals surface area (Å²) in [7, 11) is 0. The van der Waals surface area contributed by atoms with Gasteiger partial charge in [0.25, 0.3) is 0 Å². The van der Waals surface area contributed by atoms with Gasteiger partial charge in [-0.25, -0.2) is 0 Å². The number of thioether (sulfide) groups is 1. The van der Waals surface area contributed by atoms with E-state index in [-0.39, 0.29) is 40.8 Å². The van der Waals surface area contributed by atoms with Gasteiger partial charge in [-0.1, -0.05) is 30.3 Å². The summed E-state index contributed by atoms with van der Waals surface area (Å²) in [6, 6.07) is 11.8. The summed E-state index contributed by atoms with van der Waals surface area (Å²) in [6.45, 7) is 0. The molecule has 26 heavy (non-hydrogen) atoms. The van der Waals surface area contributed by atoms with E-state index in [1.807, 2.05) is 0 Å². The average Bonchev–Trinajstić information content (AvgIpc) is 2.60. The van der Waals surface area contributed by atoms with E-state index in [0.717, 1.165) is 12.1 Å². The molecule has 2 aromatic rings. The second kappa shape index (κ2) is 6.75. The lowest BCUT2D eigenvalue weighted by Crippen LogP contribution is -2.45. The Hall–Kier alpha value is -2.35. The quantitative estimate of drug-likeness (QED) is 0.525. The second-order valence-electron chi connectivity index (χ2n) is 5.61. The van der Waals surface area contributed by atoms with Gasteiger partial charge in [-0.05, 0) is 30.0 Å². The smallest absolute Gasteiger partial charge is 0.426 e. The maximum atomic E-state index is 13.4. The van der Waals surface area contributed by atoms with Gasteiger partial charge in [0, 0.05) is 24.0 Å². The Balaban J connectivity index is 1.71. The van der Waals surface area contributed by atoms with Gasteiger partial charge in [0.2, 0.25) is 0 Å². The van der Waals surface area contributed by atoms with E-state index in [4.69, 9.17) is 0 Å². The minimum Gasteiger partial charge on any atom is -0.426 e. The molecule has 0 aliphatic carbocycles. The average molecular weight is 384 g/mol. The first-order valence-corrected chi connectivity index (χ1v) is 8.40. The van der Waals surface area contributed by atoms with Crippen molar-refractivity contribution in [3.05, 3.63) is 59.7 Å². The molecule has 0 N–H and O–H groups in total. The SMILES string of the molecule is O=C(CCC(=O)c1ccc2c(c1)SC(F)(F)C(F)(F)O2)c1ccccc1. The van der Waals surface area contributed by atoms with Crippen LogP contribution in [0.25, 0.3) is 0 Å². The maximum absolute atomic E-state index is 13.4. The highest BCUT2D eigenvalue weighted by atomic mass is 32.2. The van der Waals surface area contributed by atoms with E-state index in [0.29, 0.717) is 5.56 Å². The van der Waals surface area contributed by atoms with Crippen molar-refractivity contribution >= 4 is 23.3 Å². The second-order valence-corrected chi connectivity index (χ2v) is 6.77. The molecule has 0 saturated heterocycles. The first-order chi connectivity index (χ1) is 12.2. The zero-order valence-electron chi connectivity index (χ0n) is 13.2. The lowest BCUT2D eigenvalue weighted by molar-refractivity contribution is -0.273. The van der Waals surface area contributed by atoms with Gasteiger partial charge in [-0.2, -0.15) is 17.6 Å². The van der Waals surface area contributed by atoms with Crippen molar-refractivity contribution < 1.29 is 31.9 Å². The largest absolute Gasteiger partial charge is 0.475 e. The van der Waals surface area contributed by atoms with Gasteiger partial charge in [0.1, 0.15) is 5.75 Å². The molecule has 1 heterocycles. The molecule has 0 bridgehead atoms. The monoisotopic (exact) mass is 384 g/mol. The predicted molar refractivity (Wildman–Crippen MR) is 87.2 cm³/mol. The number of fused-ring (bicyclic) bond motifs is 1. The molecule has 2 aromatic carbocycles. The first-order valence-electron chi connectivity index (χ1n) is 7.59. The van der Waals surface area contributed by atoms with Crippen LogP contribution in [-0.4, -0.2) is 22.9 Å². The van der Waals surface area contributed by atoms with E-state index in [1.165, 1.54) is 6.07 Å². The summed E-state index contributed by atoms with van der Waals surface area (Å²) >= 11 is -0.354. The third kappa shape index (κ3) is 3.60. The Morgan fingerprint density at radius 2 is 1.50 bits per heavy atom. The fourth-order valence-corrected chi connectivity index (χ4v) is 3.21. The van der Waals surface area contributed by atoms with Crippen LogP contribution in [0.4, 0.5) is 17.6 Å². The summed E-state index contributed by atoms with van der Waals surface area (Å²) in [4.78, 5) is 24.0. The molecule has 1 aliphatic rings. The van der Waals surface area contributed by atoms with Crippen molar-refractivity contribution in [2.24, 2.45) is 0 Å². The number of benzene rings is 2. The van der Waals surface area contributed by atoms with Crippen LogP contribution < -0.4 is 4.74 Å². The van der Waals surface area contributed by atoms with Gasteiger partial charge in [0.15, 0.2) is 11.6 Å². The number of ether oxygens (including phenoxy) is 1. The predicted octanol–water partition coefficient (Wildman–Crippen LogP) is 5.20. The van der Waals surface area contributed by atoms with E-state index >= 15 is 0 Å². The highest BCUT2D eigenvalue weighted by Gasteiger charge is 2.63. The third-order valence-electron chi connectivity index (χ3n) is 3.76. The summed E-state index contributed by atoms with van der Waals surface area (Å²) in [6.07, 6.45) is -4.79. The van der Waals surface area contributed by atoms with Gasteiger partial charge >= 0.3 is 11.4 Å². The third-order valence-corrected chi connectivity index (χ3v) is 4.79. The van der Waals surface area contributed by atoms with Crippen LogP contribution in [0.5, 0.6) is 5.75 Å². The molecular weight excluding hydrogens is 372 g/mol. The van der Waals surface area contributed by atoms with E-state index in [1.54, 1.807) is 30.3 Å². The van der Waals surface area contributed by atoms with Crippen LogP contribution in [-0.2, 0) is 0 Å². The Morgan fingerprint density at radius 1 is 0.885 bits per heavy atom. The fraction of sp³-hybridized carbons (Fsp3) is 0.222. The number of hydrogen-bond acceptors (Lipinski definition) is 4. The number of ketones is 2. The van der Waals surface area contributed by atoms with Crippen molar-refractivity contribution in [1.82, 2.24) is 0 Å². The molecule has 0 atom stereocenters. The molecule has 3 nitrogen and oxygen atoms in total. The van der Waals surface area contributed by atoms with E-state index in [2.05, 4.69) is 4.74 Å². The Morgan fingerprint density at radius 3 is 2.15 bits per heavy atom. The van der Waals surface area contributed by atoms with Gasteiger partial charge in [0.05, 0.1) is 4.90 Å². The number of Topliss-reactive ketones (excluding diaryl/α,β-unsaturated/α-hetero) is 2.